The lowest BCUT2D eigenvalue weighted by Crippen LogP contribution is -2.49. The van der Waals surface area contributed by atoms with Gasteiger partial charge in [0.05, 0.1) is 19.3 Å². The Kier molecular flexibility index (Phi) is 7.74. The van der Waals surface area contributed by atoms with Crippen LogP contribution in [0.5, 0.6) is 5.75 Å². The van der Waals surface area contributed by atoms with Crippen LogP contribution < -0.4 is 4.52 Å². The number of ether oxygens (including phenoxy) is 1. The largest absolute Gasteiger partial charge is 0.444 e. The molecule has 1 rings (SSSR count). The molecule has 7 nitrogen and oxygen atoms in total. The molecule has 0 aliphatic heterocycles. The van der Waals surface area contributed by atoms with Gasteiger partial charge < -0.3 is 24.4 Å². The Hall–Kier alpha value is -1.56. The molecule has 0 saturated heterocycles. The lowest BCUT2D eigenvalue weighted by molar-refractivity contribution is -0.00784. The van der Waals surface area contributed by atoms with Gasteiger partial charge in [-0.25, -0.2) is 4.79 Å². The maximum atomic E-state index is 12.6. The van der Waals surface area contributed by atoms with Crippen LogP contribution in [0.3, 0.4) is 0 Å². The Morgan fingerprint density at radius 1 is 1.18 bits per heavy atom. The predicted octanol–water partition coefficient (Wildman–Crippen LogP) is 4.16. The summed E-state index contributed by atoms with van der Waals surface area (Å²) in [7, 11) is -2.79. The average molecular weight is 415 g/mol. The summed E-state index contributed by atoms with van der Waals surface area (Å²) in [6, 6.07) is 4.79. The molecule has 0 aromatic heterocycles. The zero-order valence-corrected chi connectivity index (χ0v) is 19.0. The summed E-state index contributed by atoms with van der Waals surface area (Å²) in [4.78, 5) is 14.1. The minimum atomic E-state index is -2.79. The molecule has 1 aromatic rings. The first kappa shape index (κ1) is 24.5. The Balaban J connectivity index is 3.09. The number of carbonyl (C=O) groups excluding carboxylic acids is 1. The number of benzene rings is 1. The minimum Gasteiger partial charge on any atom is -0.444 e. The first-order valence-corrected chi connectivity index (χ1v) is 11.7. The summed E-state index contributed by atoms with van der Waals surface area (Å²) < 4.78 is 22.8. The molecule has 1 amide bonds. The van der Waals surface area contributed by atoms with Gasteiger partial charge >= 0.3 is 6.09 Å². The van der Waals surface area contributed by atoms with Crippen LogP contribution in [0.4, 0.5) is 4.79 Å². The van der Waals surface area contributed by atoms with Crippen LogP contribution in [0.15, 0.2) is 18.2 Å². The Labute approximate surface area is 168 Å². The van der Waals surface area contributed by atoms with Gasteiger partial charge in [0.15, 0.2) is 0 Å². The van der Waals surface area contributed by atoms with E-state index in [4.69, 9.17) is 9.26 Å². The maximum absolute atomic E-state index is 12.6. The van der Waals surface area contributed by atoms with Crippen molar-refractivity contribution in [3.05, 3.63) is 29.3 Å². The van der Waals surface area contributed by atoms with E-state index < -0.39 is 30.7 Å². The standard InChI is InChI=1S/C20H34NO6P/c1-19(2,3)21(18(24)26-20(4,5)6)12-16(23)14-9-10-17(15(11-14)13-22)27-28(7,8)25/h9-11,16,22-23H,12-13H2,1-8H3. The number of nitrogens with zero attached hydrogens (tertiary/aromatic N) is 1. The number of amides is 1. The van der Waals surface area contributed by atoms with Crippen molar-refractivity contribution in [1.82, 2.24) is 4.90 Å². The fourth-order valence-electron chi connectivity index (χ4n) is 2.47. The molecule has 0 spiro atoms. The molecular formula is C20H34NO6P. The quantitative estimate of drug-likeness (QED) is 0.677. The second-order valence-electron chi connectivity index (χ2n) is 9.15. The molecule has 0 radical (unpaired) electrons. The van der Waals surface area contributed by atoms with Crippen molar-refractivity contribution in [1.29, 1.82) is 0 Å². The first-order valence-electron chi connectivity index (χ1n) is 9.20. The summed E-state index contributed by atoms with van der Waals surface area (Å²) >= 11 is 0. The molecule has 0 saturated carbocycles. The third kappa shape index (κ3) is 7.82. The third-order valence-corrected chi connectivity index (χ3v) is 4.37. The zero-order chi connectivity index (χ0) is 21.9. The fourth-order valence-corrected chi connectivity index (χ4v) is 3.13. The van der Waals surface area contributed by atoms with Crippen LogP contribution >= 0.6 is 7.37 Å². The molecule has 28 heavy (non-hydrogen) atoms. The van der Waals surface area contributed by atoms with Gasteiger partial charge in [-0.2, -0.15) is 0 Å². The van der Waals surface area contributed by atoms with Crippen molar-refractivity contribution in [2.45, 2.75) is 65.4 Å². The van der Waals surface area contributed by atoms with E-state index >= 15 is 0 Å². The predicted molar refractivity (Wildman–Crippen MR) is 110 cm³/mol. The number of hydrogen-bond donors (Lipinski definition) is 2. The second-order valence-corrected chi connectivity index (χ2v) is 11.8. The number of rotatable bonds is 6. The van der Waals surface area contributed by atoms with Crippen molar-refractivity contribution < 1.29 is 28.8 Å². The smallest absolute Gasteiger partial charge is 0.410 e. The number of hydrogen-bond acceptors (Lipinski definition) is 6. The number of aliphatic hydroxyl groups excluding tert-OH is 2. The molecule has 160 valence electrons. The maximum Gasteiger partial charge on any atom is 0.410 e. The van der Waals surface area contributed by atoms with Crippen molar-refractivity contribution in [2.24, 2.45) is 0 Å². The highest BCUT2D eigenvalue weighted by Crippen LogP contribution is 2.40. The van der Waals surface area contributed by atoms with Crippen LogP contribution in [0.25, 0.3) is 0 Å². The summed E-state index contributed by atoms with van der Waals surface area (Å²) in [5, 5.41) is 20.3. The molecule has 2 N–H and O–H groups in total. The lowest BCUT2D eigenvalue weighted by atomic mass is 10.0. The van der Waals surface area contributed by atoms with Crippen molar-refractivity contribution in [3.63, 3.8) is 0 Å². The normalized spacial score (nSPS) is 13.8. The molecule has 1 aromatic carbocycles. The minimum absolute atomic E-state index is 0.0174. The summed E-state index contributed by atoms with van der Waals surface area (Å²) in [6.07, 6.45) is -1.51. The van der Waals surface area contributed by atoms with Gasteiger partial charge in [-0.3, -0.25) is 4.57 Å². The van der Waals surface area contributed by atoms with Gasteiger partial charge in [-0.05, 0) is 59.2 Å². The van der Waals surface area contributed by atoms with Crippen LogP contribution in [0, 0.1) is 0 Å². The van der Waals surface area contributed by atoms with E-state index in [1.807, 2.05) is 20.8 Å². The van der Waals surface area contributed by atoms with Gasteiger partial charge in [0.25, 0.3) is 0 Å². The van der Waals surface area contributed by atoms with Crippen LogP contribution in [-0.2, 0) is 15.9 Å². The summed E-state index contributed by atoms with van der Waals surface area (Å²) in [6.45, 7) is 13.6. The average Bonchev–Trinajstić information content (AvgIpc) is 2.48. The molecular weight excluding hydrogens is 381 g/mol. The molecule has 8 heteroatoms. The Morgan fingerprint density at radius 2 is 1.75 bits per heavy atom. The lowest BCUT2D eigenvalue weighted by Gasteiger charge is -2.38. The monoisotopic (exact) mass is 415 g/mol. The van der Waals surface area contributed by atoms with E-state index in [0.29, 0.717) is 16.9 Å². The second kappa shape index (κ2) is 8.85. The van der Waals surface area contributed by atoms with Gasteiger partial charge in [0.1, 0.15) is 11.4 Å². The molecule has 0 aliphatic carbocycles. The van der Waals surface area contributed by atoms with Gasteiger partial charge in [-0.1, -0.05) is 6.07 Å². The van der Waals surface area contributed by atoms with Gasteiger partial charge in [0, 0.05) is 24.4 Å². The van der Waals surface area contributed by atoms with E-state index in [9.17, 15) is 19.6 Å². The fraction of sp³-hybridized carbons (Fsp3) is 0.650. The molecule has 1 unspecified atom stereocenters. The van der Waals surface area contributed by atoms with E-state index in [1.54, 1.807) is 39.0 Å². The highest BCUT2D eigenvalue weighted by molar-refractivity contribution is 7.57. The van der Waals surface area contributed by atoms with Gasteiger partial charge in [0.2, 0.25) is 7.37 Å². The third-order valence-electron chi connectivity index (χ3n) is 3.74. The first-order chi connectivity index (χ1) is 12.5. The van der Waals surface area contributed by atoms with Crippen molar-refractivity contribution in [3.8, 4) is 5.75 Å². The number of β-amino-alcohol motifs (C(OH)–C–C–N with tert-alkyl or cyclic N) is 1. The van der Waals surface area contributed by atoms with Gasteiger partial charge in [-0.15, -0.1) is 0 Å². The van der Waals surface area contributed by atoms with E-state index in [-0.39, 0.29) is 13.2 Å². The van der Waals surface area contributed by atoms with Crippen molar-refractivity contribution in [2.75, 3.05) is 19.9 Å². The molecule has 1 atom stereocenters. The Morgan fingerprint density at radius 3 is 2.18 bits per heavy atom. The summed E-state index contributed by atoms with van der Waals surface area (Å²) in [5.41, 5.74) is -0.289. The van der Waals surface area contributed by atoms with Crippen LogP contribution in [0.2, 0.25) is 0 Å². The molecule has 0 bridgehead atoms. The molecule has 0 aliphatic rings. The molecule has 0 heterocycles. The van der Waals surface area contributed by atoms with Crippen molar-refractivity contribution >= 4 is 13.5 Å². The van der Waals surface area contributed by atoms with Crippen LogP contribution in [-0.4, -0.2) is 52.2 Å². The van der Waals surface area contributed by atoms with E-state index in [1.165, 1.54) is 18.2 Å². The number of carbonyl (C=O) groups is 1. The molecule has 0 fully saturated rings. The topological polar surface area (TPSA) is 96.3 Å². The summed E-state index contributed by atoms with van der Waals surface area (Å²) in [5.74, 6) is 0.312. The highest BCUT2D eigenvalue weighted by atomic mass is 31.2. The Bertz CT molecular complexity index is 729. The number of aliphatic hydroxyl groups is 2. The van der Waals surface area contributed by atoms with E-state index in [0.717, 1.165) is 0 Å². The highest BCUT2D eigenvalue weighted by Gasteiger charge is 2.32. The van der Waals surface area contributed by atoms with Crippen LogP contribution in [0.1, 0.15) is 58.8 Å². The SMILES string of the molecule is CC(C)(C)OC(=O)N(CC(O)c1ccc(OP(C)(C)=O)c(CO)c1)C(C)(C)C. The zero-order valence-electron chi connectivity index (χ0n) is 18.1. The van der Waals surface area contributed by atoms with E-state index in [2.05, 4.69) is 0 Å².